The fraction of sp³-hybridized carbons (Fsp3) is 0.500. The van der Waals surface area contributed by atoms with Crippen molar-refractivity contribution in [3.8, 4) is 0 Å². The van der Waals surface area contributed by atoms with E-state index >= 15 is 0 Å². The van der Waals surface area contributed by atoms with Crippen molar-refractivity contribution < 1.29 is 27.1 Å². The number of alkyl halides is 4. The Morgan fingerprint density at radius 1 is 1.40 bits per heavy atom. The largest absolute Gasteiger partial charge is 0.513 e. The first-order valence-electron chi connectivity index (χ1n) is 2.10. The Kier molecular flexibility index (Phi) is 2.62. The van der Waals surface area contributed by atoms with E-state index in [1.165, 1.54) is 0 Å². The van der Waals surface area contributed by atoms with Gasteiger partial charge in [0.15, 0.2) is 5.83 Å². The second-order valence-corrected chi connectivity index (χ2v) is 1.42. The summed E-state index contributed by atoms with van der Waals surface area (Å²) in [6, 6.07) is 0. The molecular formula is C4H3F5O. The van der Waals surface area contributed by atoms with E-state index in [1.807, 2.05) is 0 Å². The summed E-state index contributed by atoms with van der Waals surface area (Å²) in [5.74, 6) is -2.24. The van der Waals surface area contributed by atoms with Crippen molar-refractivity contribution in [2.75, 3.05) is 0 Å². The zero-order valence-corrected chi connectivity index (χ0v) is 4.49. The molecule has 1 nitrogen and oxygen atoms in total. The molecular weight excluding hydrogens is 159 g/mol. The van der Waals surface area contributed by atoms with Crippen molar-refractivity contribution in [3.05, 3.63) is 12.1 Å². The van der Waals surface area contributed by atoms with Crippen LogP contribution >= 0.6 is 0 Å². The molecule has 0 aliphatic heterocycles. The van der Waals surface area contributed by atoms with Crippen molar-refractivity contribution in [2.24, 2.45) is 0 Å². The Balaban J connectivity index is 4.23. The van der Waals surface area contributed by atoms with Crippen LogP contribution in [0.3, 0.4) is 0 Å². The Morgan fingerprint density at radius 2 is 1.80 bits per heavy atom. The number of halogens is 5. The van der Waals surface area contributed by atoms with Gasteiger partial charge in [-0.25, -0.2) is 8.78 Å². The lowest BCUT2D eigenvalue weighted by Crippen LogP contribution is -2.24. The first-order valence-corrected chi connectivity index (χ1v) is 2.10. The van der Waals surface area contributed by atoms with Gasteiger partial charge in [0.05, 0.1) is 0 Å². The summed E-state index contributed by atoms with van der Waals surface area (Å²) < 4.78 is 56.5. The molecule has 0 aromatic carbocycles. The van der Waals surface area contributed by atoms with E-state index in [0.717, 1.165) is 0 Å². The first kappa shape index (κ1) is 9.19. The van der Waals surface area contributed by atoms with Gasteiger partial charge >= 0.3 is 6.18 Å². The molecule has 0 aromatic heterocycles. The van der Waals surface area contributed by atoms with Gasteiger partial charge in [-0.05, 0) is 0 Å². The van der Waals surface area contributed by atoms with E-state index in [2.05, 4.69) is 0 Å². The molecule has 60 valence electrons. The molecule has 0 bridgehead atoms. The number of hydrogen-bond donors (Lipinski definition) is 1. The molecule has 10 heavy (non-hydrogen) atoms. The predicted molar refractivity (Wildman–Crippen MR) is 22.8 cm³/mol. The van der Waals surface area contributed by atoms with Crippen molar-refractivity contribution >= 4 is 0 Å². The molecule has 0 aromatic rings. The zero-order chi connectivity index (χ0) is 8.36. The summed E-state index contributed by atoms with van der Waals surface area (Å²) >= 11 is 0. The highest BCUT2D eigenvalue weighted by molar-refractivity contribution is 4.97. The average Bonchev–Trinajstić information content (AvgIpc) is 1.83. The normalized spacial score (nSPS) is 17.1. The minimum Gasteiger partial charge on any atom is -0.513 e. The molecule has 0 aliphatic carbocycles. The Labute approximate surface area is 52.8 Å². The maximum absolute atomic E-state index is 11.6. The number of aliphatic hydroxyl groups excluding tert-OH is 1. The van der Waals surface area contributed by atoms with Crippen molar-refractivity contribution in [3.63, 3.8) is 0 Å². The monoisotopic (exact) mass is 162 g/mol. The molecule has 6 heteroatoms. The van der Waals surface area contributed by atoms with Gasteiger partial charge in [-0.1, -0.05) is 0 Å². The third-order valence-electron chi connectivity index (χ3n) is 0.653. The molecule has 1 N–H and O–H groups in total. The Hall–Kier alpha value is -0.810. The topological polar surface area (TPSA) is 20.2 Å². The third-order valence-corrected chi connectivity index (χ3v) is 0.653. The van der Waals surface area contributed by atoms with Gasteiger partial charge in [0.1, 0.15) is 6.26 Å². The van der Waals surface area contributed by atoms with E-state index in [9.17, 15) is 22.0 Å². The summed E-state index contributed by atoms with van der Waals surface area (Å²) in [5, 5.41) is 7.59. The zero-order valence-electron chi connectivity index (χ0n) is 4.49. The Bertz CT molecular complexity index is 137. The SMILES string of the molecule is OC=C(F)C(F)C(F)(F)F. The van der Waals surface area contributed by atoms with Crippen LogP contribution in [0.1, 0.15) is 0 Å². The third kappa shape index (κ3) is 2.20. The van der Waals surface area contributed by atoms with Crippen molar-refractivity contribution in [1.82, 2.24) is 0 Å². The highest BCUT2D eigenvalue weighted by Crippen LogP contribution is 2.28. The van der Waals surface area contributed by atoms with Gasteiger partial charge in [0.2, 0.25) is 6.17 Å². The van der Waals surface area contributed by atoms with Gasteiger partial charge in [0.25, 0.3) is 0 Å². The van der Waals surface area contributed by atoms with Crippen LogP contribution in [-0.4, -0.2) is 17.5 Å². The van der Waals surface area contributed by atoms with Crippen LogP contribution in [-0.2, 0) is 0 Å². The van der Waals surface area contributed by atoms with Gasteiger partial charge in [-0.2, -0.15) is 13.2 Å². The van der Waals surface area contributed by atoms with E-state index in [1.54, 1.807) is 0 Å². The first-order chi connectivity index (χ1) is 4.39. The maximum atomic E-state index is 11.6. The number of hydrogen-bond acceptors (Lipinski definition) is 1. The van der Waals surface area contributed by atoms with Gasteiger partial charge < -0.3 is 5.11 Å². The molecule has 0 saturated heterocycles. The molecule has 0 fully saturated rings. The molecule has 0 aliphatic rings. The fourth-order valence-electron chi connectivity index (χ4n) is 0.222. The standard InChI is InChI=1S/C4H3F5O/c5-2(1-10)3(6)4(7,8)9/h1,3,10H. The van der Waals surface area contributed by atoms with Crippen LogP contribution in [0.4, 0.5) is 22.0 Å². The molecule has 0 amide bonds. The minimum absolute atomic E-state index is 0.557. The van der Waals surface area contributed by atoms with E-state index in [-0.39, 0.29) is 0 Å². The summed E-state index contributed by atoms with van der Waals surface area (Å²) in [7, 11) is 0. The molecule has 1 atom stereocenters. The average molecular weight is 162 g/mol. The number of allylic oxidation sites excluding steroid dienone is 1. The van der Waals surface area contributed by atoms with Gasteiger partial charge in [-0.15, -0.1) is 0 Å². The summed E-state index contributed by atoms with van der Waals surface area (Å²) in [6.07, 6.45) is -9.57. The molecule has 0 saturated carbocycles. The highest BCUT2D eigenvalue weighted by Gasteiger charge is 2.43. The van der Waals surface area contributed by atoms with Crippen LogP contribution in [0.2, 0.25) is 0 Å². The predicted octanol–water partition coefficient (Wildman–Crippen LogP) is 2.26. The minimum atomic E-state index is -5.29. The summed E-state index contributed by atoms with van der Waals surface area (Å²) in [4.78, 5) is 0. The van der Waals surface area contributed by atoms with Crippen LogP contribution in [0, 0.1) is 0 Å². The van der Waals surface area contributed by atoms with Crippen LogP contribution in [0.5, 0.6) is 0 Å². The molecule has 0 spiro atoms. The maximum Gasteiger partial charge on any atom is 0.426 e. The lowest BCUT2D eigenvalue weighted by Gasteiger charge is -2.08. The second-order valence-electron chi connectivity index (χ2n) is 1.42. The van der Waals surface area contributed by atoms with E-state index in [0.29, 0.717) is 0 Å². The van der Waals surface area contributed by atoms with Crippen molar-refractivity contribution in [1.29, 1.82) is 0 Å². The van der Waals surface area contributed by atoms with E-state index < -0.39 is 24.4 Å². The molecule has 1 unspecified atom stereocenters. The van der Waals surface area contributed by atoms with E-state index in [4.69, 9.17) is 5.11 Å². The summed E-state index contributed by atoms with van der Waals surface area (Å²) in [6.45, 7) is 0. The summed E-state index contributed by atoms with van der Waals surface area (Å²) in [5.41, 5.74) is 0. The quantitative estimate of drug-likeness (QED) is 0.463. The highest BCUT2D eigenvalue weighted by atomic mass is 19.4. The smallest absolute Gasteiger partial charge is 0.426 e. The lowest BCUT2D eigenvalue weighted by molar-refractivity contribution is -0.174. The van der Waals surface area contributed by atoms with Gasteiger partial charge in [0, 0.05) is 0 Å². The molecule has 0 rings (SSSR count). The lowest BCUT2D eigenvalue weighted by atomic mass is 10.3. The Morgan fingerprint density at radius 3 is 1.90 bits per heavy atom. The van der Waals surface area contributed by atoms with Crippen LogP contribution < -0.4 is 0 Å². The second kappa shape index (κ2) is 2.85. The van der Waals surface area contributed by atoms with Crippen molar-refractivity contribution in [2.45, 2.75) is 12.3 Å². The number of aliphatic hydroxyl groups is 1. The van der Waals surface area contributed by atoms with Crippen LogP contribution in [0.25, 0.3) is 0 Å². The molecule has 0 heterocycles. The molecule has 0 radical (unpaired) electrons. The fourth-order valence-corrected chi connectivity index (χ4v) is 0.222. The van der Waals surface area contributed by atoms with Crippen LogP contribution in [0.15, 0.2) is 12.1 Å². The number of rotatable bonds is 1. The van der Waals surface area contributed by atoms with Gasteiger partial charge in [-0.3, -0.25) is 0 Å².